The summed E-state index contributed by atoms with van der Waals surface area (Å²) in [4.78, 5) is 14.7. The summed E-state index contributed by atoms with van der Waals surface area (Å²) in [6, 6.07) is 2.68. The molecule has 1 aromatic heterocycles. The highest BCUT2D eigenvalue weighted by Crippen LogP contribution is 2.27. The van der Waals surface area contributed by atoms with Crippen molar-refractivity contribution in [1.82, 2.24) is 15.3 Å². The smallest absolute Gasteiger partial charge is 0.232 e. The van der Waals surface area contributed by atoms with E-state index in [0.29, 0.717) is 23.0 Å². The first-order chi connectivity index (χ1) is 14.7. The van der Waals surface area contributed by atoms with E-state index in [0.717, 1.165) is 37.8 Å². The molecule has 0 radical (unpaired) electrons. The Morgan fingerprint density at radius 2 is 1.50 bits per heavy atom. The lowest BCUT2D eigenvalue weighted by molar-refractivity contribution is 0.414. The number of anilines is 3. The second kappa shape index (κ2) is 10.6. The van der Waals surface area contributed by atoms with Crippen molar-refractivity contribution in [2.24, 2.45) is 5.92 Å². The largest absolute Gasteiger partial charge is 0.360 e. The van der Waals surface area contributed by atoms with Gasteiger partial charge >= 0.3 is 0 Å². The van der Waals surface area contributed by atoms with Gasteiger partial charge in [0.25, 0.3) is 0 Å². The fourth-order valence-corrected chi connectivity index (χ4v) is 5.33. The number of piperidine rings is 1. The zero-order valence-electron chi connectivity index (χ0n) is 18.5. The Labute approximate surface area is 187 Å². The van der Waals surface area contributed by atoms with Crippen LogP contribution in [0.3, 0.4) is 0 Å². The van der Waals surface area contributed by atoms with E-state index in [-0.39, 0.29) is 0 Å². The minimum absolute atomic E-state index is 0.481. The highest BCUT2D eigenvalue weighted by atomic mass is 32.1. The van der Waals surface area contributed by atoms with E-state index in [4.69, 9.17) is 22.2 Å². The Hall–Kier alpha value is -1.63. The molecular weight excluding hydrogens is 392 g/mol. The molecule has 0 amide bonds. The van der Waals surface area contributed by atoms with Crippen LogP contribution in [0.5, 0.6) is 0 Å². The number of rotatable bonds is 4. The molecule has 2 N–H and O–H groups in total. The first-order valence-electron chi connectivity index (χ1n) is 12.1. The maximum Gasteiger partial charge on any atom is 0.232 e. The molecule has 3 fully saturated rings. The Bertz CT molecular complexity index is 677. The predicted octanol–water partition coefficient (Wildman–Crippen LogP) is 4.71. The third kappa shape index (κ3) is 5.96. The topological polar surface area (TPSA) is 56.3 Å². The van der Waals surface area contributed by atoms with Crippen molar-refractivity contribution >= 4 is 34.9 Å². The van der Waals surface area contributed by atoms with Gasteiger partial charge in [-0.25, -0.2) is 0 Å². The first-order valence-corrected chi connectivity index (χ1v) is 12.5. The van der Waals surface area contributed by atoms with Gasteiger partial charge in [-0.1, -0.05) is 39.0 Å². The average Bonchev–Trinajstić information content (AvgIpc) is 3.04. The molecule has 1 aliphatic carbocycles. The molecule has 3 heterocycles. The molecule has 1 unspecified atom stereocenters. The highest BCUT2D eigenvalue weighted by Gasteiger charge is 2.22. The maximum absolute atomic E-state index is 5.63. The second-order valence-electron chi connectivity index (χ2n) is 9.44. The zero-order valence-corrected chi connectivity index (χ0v) is 19.4. The number of nitrogens with zero attached hydrogens (tertiary/aromatic N) is 4. The molecule has 4 rings (SSSR count). The third-order valence-electron chi connectivity index (χ3n) is 6.78. The SMILES string of the molecule is CC1CCCN(c2cc(N3CCCCCC3)nc(NC(=S)NC3CCCCC3)n2)C1. The average molecular weight is 431 g/mol. The molecule has 7 heteroatoms. The number of hydrogen-bond acceptors (Lipinski definition) is 5. The quantitative estimate of drug-likeness (QED) is 0.671. The standard InChI is InChI=1S/C23H38N6S/c1-18-10-9-15-29(17-18)21-16-20(28-13-7-2-3-8-14-28)25-22(26-21)27-23(30)24-19-11-5-4-6-12-19/h16,18-19H,2-15,17H2,1H3,(H2,24,25,26,27,30). The van der Waals surface area contributed by atoms with Crippen molar-refractivity contribution in [3.8, 4) is 0 Å². The molecule has 0 aromatic carbocycles. The third-order valence-corrected chi connectivity index (χ3v) is 7.00. The fourth-order valence-electron chi connectivity index (χ4n) is 5.07. The Morgan fingerprint density at radius 1 is 0.867 bits per heavy atom. The fraction of sp³-hybridized carbons (Fsp3) is 0.783. The summed E-state index contributed by atoms with van der Waals surface area (Å²) < 4.78 is 0. The lowest BCUT2D eigenvalue weighted by Gasteiger charge is -2.33. The van der Waals surface area contributed by atoms with Crippen LogP contribution in [0.15, 0.2) is 6.07 Å². The molecule has 0 spiro atoms. The molecule has 1 atom stereocenters. The van der Waals surface area contributed by atoms with E-state index < -0.39 is 0 Å². The minimum atomic E-state index is 0.481. The van der Waals surface area contributed by atoms with Gasteiger partial charge in [-0.3, -0.25) is 0 Å². The number of thiocarbonyl (C=S) groups is 1. The highest BCUT2D eigenvalue weighted by molar-refractivity contribution is 7.80. The van der Waals surface area contributed by atoms with E-state index in [1.54, 1.807) is 0 Å². The first kappa shape index (κ1) is 21.6. The summed E-state index contributed by atoms with van der Waals surface area (Å²) >= 11 is 5.63. The van der Waals surface area contributed by atoms with E-state index in [1.165, 1.54) is 70.6 Å². The predicted molar refractivity (Wildman–Crippen MR) is 130 cm³/mol. The van der Waals surface area contributed by atoms with Crippen LogP contribution in [0.25, 0.3) is 0 Å². The van der Waals surface area contributed by atoms with Crippen LogP contribution >= 0.6 is 12.2 Å². The molecule has 3 aliphatic rings. The van der Waals surface area contributed by atoms with Gasteiger partial charge in [-0.2, -0.15) is 9.97 Å². The van der Waals surface area contributed by atoms with Gasteiger partial charge in [0.05, 0.1) is 0 Å². The van der Waals surface area contributed by atoms with Crippen LogP contribution in [0.4, 0.5) is 17.6 Å². The Morgan fingerprint density at radius 3 is 2.20 bits per heavy atom. The summed E-state index contributed by atoms with van der Waals surface area (Å²) in [5.41, 5.74) is 0. The summed E-state index contributed by atoms with van der Waals surface area (Å²) in [5.74, 6) is 3.43. The van der Waals surface area contributed by atoms with Crippen molar-refractivity contribution in [1.29, 1.82) is 0 Å². The normalized spacial score (nSPS) is 23.7. The van der Waals surface area contributed by atoms with E-state index in [2.05, 4.69) is 33.4 Å². The van der Waals surface area contributed by atoms with E-state index in [9.17, 15) is 0 Å². The molecule has 30 heavy (non-hydrogen) atoms. The summed E-state index contributed by atoms with van der Waals surface area (Å²) in [6.45, 7) is 6.64. The van der Waals surface area contributed by atoms with Crippen molar-refractivity contribution in [2.45, 2.75) is 83.6 Å². The van der Waals surface area contributed by atoms with Crippen molar-refractivity contribution in [3.05, 3.63) is 6.07 Å². The lowest BCUT2D eigenvalue weighted by atomic mass is 9.96. The van der Waals surface area contributed by atoms with Gasteiger partial charge in [-0.15, -0.1) is 0 Å². The Balaban J connectivity index is 1.52. The minimum Gasteiger partial charge on any atom is -0.360 e. The molecule has 2 saturated heterocycles. The van der Waals surface area contributed by atoms with Crippen LogP contribution in [0.2, 0.25) is 0 Å². The summed E-state index contributed by atoms with van der Waals surface area (Å²) in [6.07, 6.45) is 14.0. The van der Waals surface area contributed by atoms with Crippen molar-refractivity contribution < 1.29 is 0 Å². The van der Waals surface area contributed by atoms with E-state index >= 15 is 0 Å². The van der Waals surface area contributed by atoms with Gasteiger partial charge < -0.3 is 20.4 Å². The second-order valence-corrected chi connectivity index (χ2v) is 9.84. The molecule has 2 aliphatic heterocycles. The van der Waals surface area contributed by atoms with Crippen LogP contribution in [0, 0.1) is 5.92 Å². The monoisotopic (exact) mass is 430 g/mol. The van der Waals surface area contributed by atoms with Gasteiger partial charge in [-0.05, 0) is 56.7 Å². The van der Waals surface area contributed by atoms with Gasteiger partial charge in [0, 0.05) is 38.3 Å². The lowest BCUT2D eigenvalue weighted by Crippen LogP contribution is -2.39. The molecule has 0 bridgehead atoms. The van der Waals surface area contributed by atoms with Gasteiger partial charge in [0.2, 0.25) is 5.95 Å². The molecule has 6 nitrogen and oxygen atoms in total. The summed E-state index contributed by atoms with van der Waals surface area (Å²) in [5, 5.41) is 7.48. The van der Waals surface area contributed by atoms with Crippen LogP contribution in [0.1, 0.15) is 77.6 Å². The molecular formula is C23H38N6S. The van der Waals surface area contributed by atoms with E-state index in [1.807, 2.05) is 0 Å². The molecule has 1 saturated carbocycles. The number of hydrogen-bond donors (Lipinski definition) is 2. The van der Waals surface area contributed by atoms with Crippen molar-refractivity contribution in [3.63, 3.8) is 0 Å². The van der Waals surface area contributed by atoms with Crippen LogP contribution in [-0.4, -0.2) is 47.3 Å². The maximum atomic E-state index is 5.63. The van der Waals surface area contributed by atoms with Gasteiger partial charge in [0.15, 0.2) is 5.11 Å². The molecule has 166 valence electrons. The van der Waals surface area contributed by atoms with Crippen LogP contribution in [-0.2, 0) is 0 Å². The zero-order chi connectivity index (χ0) is 20.8. The van der Waals surface area contributed by atoms with Crippen molar-refractivity contribution in [2.75, 3.05) is 41.3 Å². The number of aromatic nitrogens is 2. The van der Waals surface area contributed by atoms with Crippen LogP contribution < -0.4 is 20.4 Å². The summed E-state index contributed by atoms with van der Waals surface area (Å²) in [7, 11) is 0. The Kier molecular flexibility index (Phi) is 7.63. The molecule has 1 aromatic rings. The van der Waals surface area contributed by atoms with Gasteiger partial charge in [0.1, 0.15) is 11.6 Å². The number of nitrogens with one attached hydrogen (secondary N) is 2.